The maximum atomic E-state index is 11.8. The number of amides is 2. The number of carboxylic acid groups (broad SMARTS) is 1. The molecule has 2 rings (SSSR count). The van der Waals surface area contributed by atoms with Crippen LogP contribution in [0, 0.1) is 0 Å². The summed E-state index contributed by atoms with van der Waals surface area (Å²) in [5.74, 6) is -1.27. The number of fused-ring (bicyclic) bond motifs is 1. The molecule has 0 fully saturated rings. The van der Waals surface area contributed by atoms with E-state index < -0.39 is 24.6 Å². The zero-order valence-electron chi connectivity index (χ0n) is 11.1. The Morgan fingerprint density at radius 1 is 1.25 bits per heavy atom. The molecule has 0 heterocycles. The third kappa shape index (κ3) is 3.27. The monoisotopic (exact) mass is 278 g/mol. The quantitative estimate of drug-likeness (QED) is 0.663. The van der Waals surface area contributed by atoms with Crippen molar-refractivity contribution in [2.45, 2.75) is 31.7 Å². The van der Waals surface area contributed by atoms with E-state index in [-0.39, 0.29) is 0 Å². The van der Waals surface area contributed by atoms with Crippen molar-refractivity contribution in [1.82, 2.24) is 5.32 Å². The summed E-state index contributed by atoms with van der Waals surface area (Å²) in [5.41, 5.74) is 3.05. The Bertz CT molecular complexity index is 516. The molecule has 0 saturated carbocycles. The minimum Gasteiger partial charge on any atom is -0.480 e. The predicted octanol–water partition coefficient (Wildman–Crippen LogP) is 1.13. The van der Waals surface area contributed by atoms with Gasteiger partial charge < -0.3 is 20.8 Å². The van der Waals surface area contributed by atoms with E-state index in [2.05, 4.69) is 10.6 Å². The Balaban J connectivity index is 2.06. The van der Waals surface area contributed by atoms with Gasteiger partial charge in [0.15, 0.2) is 6.04 Å². The summed E-state index contributed by atoms with van der Waals surface area (Å²) in [6.07, 6.45) is 4.14. The third-order valence-corrected chi connectivity index (χ3v) is 3.43. The van der Waals surface area contributed by atoms with E-state index in [1.807, 2.05) is 12.1 Å². The molecule has 0 unspecified atom stereocenters. The topological polar surface area (TPSA) is 98.7 Å². The van der Waals surface area contributed by atoms with Crippen molar-refractivity contribution < 1.29 is 19.8 Å². The van der Waals surface area contributed by atoms with Gasteiger partial charge in [0.1, 0.15) is 0 Å². The van der Waals surface area contributed by atoms with E-state index >= 15 is 0 Å². The lowest BCUT2D eigenvalue weighted by Gasteiger charge is -2.20. The van der Waals surface area contributed by atoms with Gasteiger partial charge in [-0.05, 0) is 42.9 Å². The van der Waals surface area contributed by atoms with Crippen LogP contribution in [-0.2, 0) is 17.6 Å². The Labute approximate surface area is 116 Å². The SMILES string of the molecule is O=C(Nc1cccc2c1CCCC2)N[C@H](CO)C(=O)O. The minimum atomic E-state index is -1.30. The van der Waals surface area contributed by atoms with Gasteiger partial charge >= 0.3 is 12.0 Å². The number of aryl methyl sites for hydroxylation is 1. The fourth-order valence-electron chi connectivity index (χ4n) is 2.40. The van der Waals surface area contributed by atoms with Crippen LogP contribution in [0.5, 0.6) is 0 Å². The van der Waals surface area contributed by atoms with E-state index in [1.165, 1.54) is 5.56 Å². The molecule has 2 amide bonds. The molecule has 20 heavy (non-hydrogen) atoms. The normalized spacial score (nSPS) is 15.1. The van der Waals surface area contributed by atoms with Gasteiger partial charge in [0, 0.05) is 5.69 Å². The molecule has 0 aromatic heterocycles. The van der Waals surface area contributed by atoms with Crippen LogP contribution in [0.15, 0.2) is 18.2 Å². The summed E-state index contributed by atoms with van der Waals surface area (Å²) < 4.78 is 0. The summed E-state index contributed by atoms with van der Waals surface area (Å²) in [7, 11) is 0. The highest BCUT2D eigenvalue weighted by Gasteiger charge is 2.20. The average Bonchev–Trinajstić information content (AvgIpc) is 2.45. The Kier molecular flexibility index (Phi) is 4.57. The van der Waals surface area contributed by atoms with Crippen molar-refractivity contribution in [1.29, 1.82) is 0 Å². The predicted molar refractivity (Wildman–Crippen MR) is 73.7 cm³/mol. The van der Waals surface area contributed by atoms with Gasteiger partial charge in [0.2, 0.25) is 0 Å². The maximum Gasteiger partial charge on any atom is 0.328 e. The van der Waals surface area contributed by atoms with Crippen LogP contribution in [0.2, 0.25) is 0 Å². The van der Waals surface area contributed by atoms with E-state index in [0.717, 1.165) is 31.2 Å². The number of aliphatic hydroxyl groups excluding tert-OH is 1. The molecular formula is C14H18N2O4. The molecule has 1 aliphatic carbocycles. The zero-order valence-corrected chi connectivity index (χ0v) is 11.1. The fraction of sp³-hybridized carbons (Fsp3) is 0.429. The van der Waals surface area contributed by atoms with E-state index in [4.69, 9.17) is 10.2 Å². The fourth-order valence-corrected chi connectivity index (χ4v) is 2.40. The van der Waals surface area contributed by atoms with Crippen molar-refractivity contribution in [2.24, 2.45) is 0 Å². The van der Waals surface area contributed by atoms with Gasteiger partial charge in [0.25, 0.3) is 0 Å². The molecule has 0 spiro atoms. The van der Waals surface area contributed by atoms with Gasteiger partial charge in [-0.25, -0.2) is 9.59 Å². The number of hydrogen-bond acceptors (Lipinski definition) is 3. The molecule has 1 aromatic carbocycles. The lowest BCUT2D eigenvalue weighted by Crippen LogP contribution is -2.45. The van der Waals surface area contributed by atoms with E-state index in [1.54, 1.807) is 6.07 Å². The second-order valence-electron chi connectivity index (χ2n) is 4.82. The summed E-state index contributed by atoms with van der Waals surface area (Å²) in [6.45, 7) is -0.643. The number of anilines is 1. The lowest BCUT2D eigenvalue weighted by atomic mass is 9.90. The molecule has 0 saturated heterocycles. The molecule has 1 aromatic rings. The second-order valence-corrected chi connectivity index (χ2v) is 4.82. The third-order valence-electron chi connectivity index (χ3n) is 3.43. The standard InChI is InChI=1S/C14H18N2O4/c17-8-12(13(18)19)16-14(20)15-11-7-3-5-9-4-1-2-6-10(9)11/h3,5,7,12,17H,1-2,4,6,8H2,(H,18,19)(H2,15,16,20)/t12-/m1/s1. The lowest BCUT2D eigenvalue weighted by molar-refractivity contribution is -0.140. The highest BCUT2D eigenvalue weighted by molar-refractivity contribution is 5.93. The number of aliphatic carboxylic acids is 1. The van der Waals surface area contributed by atoms with E-state index in [0.29, 0.717) is 5.69 Å². The van der Waals surface area contributed by atoms with Gasteiger partial charge in [0.05, 0.1) is 6.61 Å². The van der Waals surface area contributed by atoms with Crippen molar-refractivity contribution in [3.05, 3.63) is 29.3 Å². The Morgan fingerprint density at radius 3 is 2.70 bits per heavy atom. The van der Waals surface area contributed by atoms with Crippen LogP contribution >= 0.6 is 0 Å². The summed E-state index contributed by atoms with van der Waals surface area (Å²) in [5, 5.41) is 22.5. The van der Waals surface area contributed by atoms with Gasteiger partial charge in [-0.15, -0.1) is 0 Å². The highest BCUT2D eigenvalue weighted by atomic mass is 16.4. The number of carbonyl (C=O) groups is 2. The number of nitrogens with one attached hydrogen (secondary N) is 2. The molecule has 1 aliphatic rings. The Morgan fingerprint density at radius 2 is 2.00 bits per heavy atom. The van der Waals surface area contributed by atoms with Crippen LogP contribution in [-0.4, -0.2) is 34.9 Å². The van der Waals surface area contributed by atoms with Crippen molar-refractivity contribution >= 4 is 17.7 Å². The van der Waals surface area contributed by atoms with Gasteiger partial charge in [-0.3, -0.25) is 0 Å². The first-order valence-corrected chi connectivity index (χ1v) is 6.63. The molecule has 1 atom stereocenters. The number of urea groups is 1. The number of benzene rings is 1. The zero-order chi connectivity index (χ0) is 14.5. The van der Waals surface area contributed by atoms with E-state index in [9.17, 15) is 9.59 Å². The first kappa shape index (κ1) is 14.3. The number of carboxylic acids is 1. The van der Waals surface area contributed by atoms with Crippen LogP contribution in [0.25, 0.3) is 0 Å². The highest BCUT2D eigenvalue weighted by Crippen LogP contribution is 2.27. The van der Waals surface area contributed by atoms with Crippen LogP contribution in [0.1, 0.15) is 24.0 Å². The van der Waals surface area contributed by atoms with Gasteiger partial charge in [-0.2, -0.15) is 0 Å². The second kappa shape index (κ2) is 6.38. The average molecular weight is 278 g/mol. The first-order chi connectivity index (χ1) is 9.61. The molecular weight excluding hydrogens is 260 g/mol. The van der Waals surface area contributed by atoms with Gasteiger partial charge in [-0.1, -0.05) is 12.1 Å². The molecule has 108 valence electrons. The molecule has 6 nitrogen and oxygen atoms in total. The number of aliphatic hydroxyl groups is 1. The molecule has 0 radical (unpaired) electrons. The molecule has 0 bridgehead atoms. The minimum absolute atomic E-state index is 0.620. The van der Waals surface area contributed by atoms with Crippen molar-refractivity contribution in [3.63, 3.8) is 0 Å². The largest absolute Gasteiger partial charge is 0.480 e. The summed E-state index contributed by atoms with van der Waals surface area (Å²) >= 11 is 0. The smallest absolute Gasteiger partial charge is 0.328 e. The number of rotatable bonds is 4. The van der Waals surface area contributed by atoms with Crippen molar-refractivity contribution in [2.75, 3.05) is 11.9 Å². The Hall–Kier alpha value is -2.08. The molecule has 4 N–H and O–H groups in total. The summed E-state index contributed by atoms with van der Waals surface area (Å²) in [4.78, 5) is 22.5. The van der Waals surface area contributed by atoms with Crippen LogP contribution in [0.3, 0.4) is 0 Å². The molecule has 0 aliphatic heterocycles. The first-order valence-electron chi connectivity index (χ1n) is 6.63. The molecule has 6 heteroatoms. The number of hydrogen-bond donors (Lipinski definition) is 4. The summed E-state index contributed by atoms with van der Waals surface area (Å²) in [6, 6.07) is 3.81. The van der Waals surface area contributed by atoms with Crippen LogP contribution < -0.4 is 10.6 Å². The maximum absolute atomic E-state index is 11.8. The van der Waals surface area contributed by atoms with Crippen molar-refractivity contribution in [3.8, 4) is 0 Å². The number of carbonyl (C=O) groups excluding carboxylic acids is 1. The van der Waals surface area contributed by atoms with Crippen LogP contribution in [0.4, 0.5) is 10.5 Å².